The minimum absolute atomic E-state index is 0.118. The molecule has 0 aliphatic heterocycles. The number of nitrogens with one attached hydrogen (secondary N) is 2. The quantitative estimate of drug-likeness (QED) is 0.513. The molecule has 0 saturated heterocycles. The lowest BCUT2D eigenvalue weighted by atomic mass is 10.1. The normalized spacial score (nSPS) is 30.8. The zero-order valence-electron chi connectivity index (χ0n) is 10.8. The Kier molecular flexibility index (Phi) is 4.66. The number of guanidine groups is 1. The van der Waals surface area contributed by atoms with Crippen molar-refractivity contribution in [3.63, 3.8) is 0 Å². The van der Waals surface area contributed by atoms with Gasteiger partial charge < -0.3 is 15.7 Å². The first-order valence-electron chi connectivity index (χ1n) is 6.95. The van der Waals surface area contributed by atoms with Crippen LogP contribution >= 0.6 is 0 Å². The second kappa shape index (κ2) is 6.24. The Morgan fingerprint density at radius 2 is 1.94 bits per heavy atom. The summed E-state index contributed by atoms with van der Waals surface area (Å²) in [5.41, 5.74) is 0. The van der Waals surface area contributed by atoms with E-state index in [2.05, 4.69) is 15.6 Å². The van der Waals surface area contributed by atoms with Crippen LogP contribution in [-0.4, -0.2) is 36.8 Å². The molecular weight excluding hydrogens is 214 g/mol. The van der Waals surface area contributed by atoms with Crippen molar-refractivity contribution in [1.82, 2.24) is 10.6 Å². The smallest absolute Gasteiger partial charge is 0.191 e. The van der Waals surface area contributed by atoms with E-state index in [4.69, 9.17) is 0 Å². The second-order valence-electron chi connectivity index (χ2n) is 5.34. The SMILES string of the molecule is CN=C(NCC1CCCC1O)NC1CCCC1. The van der Waals surface area contributed by atoms with E-state index in [-0.39, 0.29) is 6.10 Å². The Hall–Kier alpha value is -0.770. The molecule has 98 valence electrons. The molecule has 0 aromatic carbocycles. The summed E-state index contributed by atoms with van der Waals surface area (Å²) in [6.45, 7) is 0.841. The lowest BCUT2D eigenvalue weighted by Gasteiger charge is -2.20. The molecule has 0 radical (unpaired) electrons. The molecule has 3 N–H and O–H groups in total. The van der Waals surface area contributed by atoms with Gasteiger partial charge in [0.25, 0.3) is 0 Å². The molecule has 4 nitrogen and oxygen atoms in total. The van der Waals surface area contributed by atoms with Gasteiger partial charge in [-0.15, -0.1) is 0 Å². The summed E-state index contributed by atoms with van der Waals surface area (Å²) < 4.78 is 0. The van der Waals surface area contributed by atoms with Crippen molar-refractivity contribution in [3.8, 4) is 0 Å². The van der Waals surface area contributed by atoms with Crippen LogP contribution in [0, 0.1) is 5.92 Å². The fraction of sp³-hybridized carbons (Fsp3) is 0.923. The van der Waals surface area contributed by atoms with Gasteiger partial charge in [-0.1, -0.05) is 19.3 Å². The lowest BCUT2D eigenvalue weighted by Crippen LogP contribution is -2.44. The molecule has 2 fully saturated rings. The van der Waals surface area contributed by atoms with E-state index in [0.29, 0.717) is 12.0 Å². The molecule has 0 heterocycles. The fourth-order valence-electron chi connectivity index (χ4n) is 2.94. The second-order valence-corrected chi connectivity index (χ2v) is 5.34. The van der Waals surface area contributed by atoms with Crippen molar-refractivity contribution in [1.29, 1.82) is 0 Å². The Labute approximate surface area is 104 Å². The summed E-state index contributed by atoms with van der Waals surface area (Å²) in [5, 5.41) is 16.6. The number of rotatable bonds is 3. The molecule has 0 aromatic heterocycles. The Bertz CT molecular complexity index is 261. The van der Waals surface area contributed by atoms with Crippen LogP contribution in [0.4, 0.5) is 0 Å². The van der Waals surface area contributed by atoms with Crippen molar-refractivity contribution < 1.29 is 5.11 Å². The molecule has 0 aromatic rings. The fourth-order valence-corrected chi connectivity index (χ4v) is 2.94. The highest BCUT2D eigenvalue weighted by atomic mass is 16.3. The van der Waals surface area contributed by atoms with Crippen molar-refractivity contribution in [2.24, 2.45) is 10.9 Å². The third kappa shape index (κ3) is 3.60. The van der Waals surface area contributed by atoms with E-state index < -0.39 is 0 Å². The predicted octanol–water partition coefficient (Wildman–Crippen LogP) is 1.25. The molecule has 0 amide bonds. The van der Waals surface area contributed by atoms with Crippen LogP contribution in [0.15, 0.2) is 4.99 Å². The van der Waals surface area contributed by atoms with Crippen molar-refractivity contribution in [2.75, 3.05) is 13.6 Å². The van der Waals surface area contributed by atoms with Gasteiger partial charge in [0.2, 0.25) is 0 Å². The molecule has 17 heavy (non-hydrogen) atoms. The van der Waals surface area contributed by atoms with Gasteiger partial charge in [0.1, 0.15) is 0 Å². The number of nitrogens with zero attached hydrogens (tertiary/aromatic N) is 1. The van der Waals surface area contributed by atoms with Crippen LogP contribution in [0.25, 0.3) is 0 Å². The Morgan fingerprint density at radius 1 is 1.18 bits per heavy atom. The summed E-state index contributed by atoms with van der Waals surface area (Å²) in [7, 11) is 1.81. The van der Waals surface area contributed by atoms with E-state index >= 15 is 0 Å². The number of aliphatic hydroxyl groups excluding tert-OH is 1. The van der Waals surface area contributed by atoms with Crippen molar-refractivity contribution in [2.45, 2.75) is 57.1 Å². The van der Waals surface area contributed by atoms with Crippen molar-refractivity contribution >= 4 is 5.96 Å². The van der Waals surface area contributed by atoms with E-state index in [0.717, 1.165) is 31.8 Å². The standard InChI is InChI=1S/C13H25N3O/c1-14-13(16-11-6-2-3-7-11)15-9-10-5-4-8-12(10)17/h10-12,17H,2-9H2,1H3,(H2,14,15,16). The summed E-state index contributed by atoms with van der Waals surface area (Å²) in [4.78, 5) is 4.25. The molecule has 2 unspecified atom stereocenters. The molecule has 0 spiro atoms. The van der Waals surface area contributed by atoms with Gasteiger partial charge in [-0.25, -0.2) is 0 Å². The Morgan fingerprint density at radius 3 is 2.53 bits per heavy atom. The third-order valence-electron chi connectivity index (χ3n) is 4.07. The maximum atomic E-state index is 9.76. The van der Waals surface area contributed by atoms with Crippen LogP contribution in [0.5, 0.6) is 0 Å². The molecule has 2 aliphatic rings. The average molecular weight is 239 g/mol. The number of hydrogen-bond acceptors (Lipinski definition) is 2. The van der Waals surface area contributed by atoms with E-state index in [1.165, 1.54) is 25.7 Å². The predicted molar refractivity (Wildman–Crippen MR) is 70.1 cm³/mol. The highest BCUT2D eigenvalue weighted by Gasteiger charge is 2.25. The van der Waals surface area contributed by atoms with E-state index in [1.54, 1.807) is 0 Å². The lowest BCUT2D eigenvalue weighted by molar-refractivity contribution is 0.134. The van der Waals surface area contributed by atoms with E-state index in [9.17, 15) is 5.11 Å². The van der Waals surface area contributed by atoms with Gasteiger partial charge >= 0.3 is 0 Å². The summed E-state index contributed by atoms with van der Waals surface area (Å²) >= 11 is 0. The monoisotopic (exact) mass is 239 g/mol. The largest absolute Gasteiger partial charge is 0.393 e. The van der Waals surface area contributed by atoms with Gasteiger partial charge in [0.15, 0.2) is 5.96 Å². The van der Waals surface area contributed by atoms with E-state index in [1.807, 2.05) is 7.05 Å². The maximum absolute atomic E-state index is 9.76. The van der Waals surface area contributed by atoms with Crippen molar-refractivity contribution in [3.05, 3.63) is 0 Å². The molecule has 2 aliphatic carbocycles. The highest BCUT2D eigenvalue weighted by Crippen LogP contribution is 2.24. The van der Waals surface area contributed by atoms with Crippen LogP contribution in [0.3, 0.4) is 0 Å². The zero-order valence-corrected chi connectivity index (χ0v) is 10.8. The van der Waals surface area contributed by atoms with Gasteiger partial charge in [-0.2, -0.15) is 0 Å². The molecule has 2 atom stereocenters. The minimum atomic E-state index is -0.118. The van der Waals surface area contributed by atoms with Gasteiger partial charge in [0.05, 0.1) is 6.10 Å². The Balaban J connectivity index is 1.71. The summed E-state index contributed by atoms with van der Waals surface area (Å²) in [5.74, 6) is 1.30. The first-order valence-corrected chi connectivity index (χ1v) is 6.95. The van der Waals surface area contributed by atoms with Gasteiger partial charge in [-0.3, -0.25) is 4.99 Å². The van der Waals surface area contributed by atoms with Gasteiger partial charge in [-0.05, 0) is 25.7 Å². The first-order chi connectivity index (χ1) is 8.29. The first kappa shape index (κ1) is 12.7. The molecule has 2 saturated carbocycles. The number of hydrogen-bond donors (Lipinski definition) is 3. The average Bonchev–Trinajstić information content (AvgIpc) is 2.96. The molecule has 0 bridgehead atoms. The topological polar surface area (TPSA) is 56.7 Å². The summed E-state index contributed by atoms with van der Waals surface area (Å²) in [6, 6.07) is 0.592. The number of aliphatic hydroxyl groups is 1. The third-order valence-corrected chi connectivity index (χ3v) is 4.07. The highest BCUT2D eigenvalue weighted by molar-refractivity contribution is 5.79. The summed E-state index contributed by atoms with van der Waals surface area (Å²) in [6.07, 6.45) is 8.30. The molecule has 4 heteroatoms. The van der Waals surface area contributed by atoms with Crippen LogP contribution in [0.1, 0.15) is 44.9 Å². The van der Waals surface area contributed by atoms with Gasteiger partial charge in [0, 0.05) is 25.6 Å². The van der Waals surface area contributed by atoms with Crippen LogP contribution in [-0.2, 0) is 0 Å². The van der Waals surface area contributed by atoms with Crippen LogP contribution in [0.2, 0.25) is 0 Å². The minimum Gasteiger partial charge on any atom is -0.393 e. The zero-order chi connectivity index (χ0) is 12.1. The molecular formula is C13H25N3O. The van der Waals surface area contributed by atoms with Crippen LogP contribution < -0.4 is 10.6 Å². The number of aliphatic imine (C=N–C) groups is 1. The maximum Gasteiger partial charge on any atom is 0.191 e. The molecule has 2 rings (SSSR count).